The first kappa shape index (κ1) is 13.6. The lowest BCUT2D eigenvalue weighted by Crippen LogP contribution is -2.12. The zero-order valence-corrected chi connectivity index (χ0v) is 10.1. The largest absolute Gasteiger partial charge is 0.468 e. The highest BCUT2D eigenvalue weighted by Gasteiger charge is 2.24. The minimum absolute atomic E-state index is 0.187. The molecule has 0 saturated heterocycles. The standard InChI is InChI=1S/C11H10FN5O3/c12-8-4-2-1-3-7(8)5-20-11-9(17(18)19)10(16-13)14-6-15-11/h1-4,6H,5,13H2,(H,14,15,16). The molecule has 0 aliphatic heterocycles. The summed E-state index contributed by atoms with van der Waals surface area (Å²) in [6, 6.07) is 5.93. The van der Waals surface area contributed by atoms with Crippen molar-refractivity contribution in [2.45, 2.75) is 6.61 Å². The van der Waals surface area contributed by atoms with Gasteiger partial charge in [-0.1, -0.05) is 18.2 Å². The van der Waals surface area contributed by atoms with E-state index in [-0.39, 0.29) is 23.9 Å². The lowest BCUT2D eigenvalue weighted by Gasteiger charge is -2.08. The highest BCUT2D eigenvalue weighted by atomic mass is 19.1. The number of nitrogen functional groups attached to an aromatic ring is 1. The summed E-state index contributed by atoms with van der Waals surface area (Å²) in [5.41, 5.74) is 1.82. The molecule has 0 aliphatic rings. The molecule has 9 heteroatoms. The van der Waals surface area contributed by atoms with Crippen LogP contribution >= 0.6 is 0 Å². The normalized spacial score (nSPS) is 10.1. The molecule has 1 heterocycles. The highest BCUT2D eigenvalue weighted by molar-refractivity contribution is 5.60. The minimum Gasteiger partial charge on any atom is -0.468 e. The monoisotopic (exact) mass is 279 g/mol. The van der Waals surface area contributed by atoms with Gasteiger partial charge in [-0.25, -0.2) is 15.2 Å². The fraction of sp³-hybridized carbons (Fsp3) is 0.0909. The van der Waals surface area contributed by atoms with Crippen LogP contribution in [-0.2, 0) is 6.61 Å². The summed E-state index contributed by atoms with van der Waals surface area (Å²) < 4.78 is 18.6. The molecule has 0 bridgehead atoms. The lowest BCUT2D eigenvalue weighted by atomic mass is 10.2. The SMILES string of the molecule is NNc1ncnc(OCc2ccccc2F)c1[N+](=O)[O-]. The van der Waals surface area contributed by atoms with Gasteiger partial charge in [-0.3, -0.25) is 10.1 Å². The maximum atomic E-state index is 13.4. The molecule has 1 aromatic carbocycles. The number of ether oxygens (including phenoxy) is 1. The van der Waals surface area contributed by atoms with Crippen molar-refractivity contribution in [3.63, 3.8) is 0 Å². The van der Waals surface area contributed by atoms with Crippen LogP contribution in [0.25, 0.3) is 0 Å². The van der Waals surface area contributed by atoms with E-state index in [4.69, 9.17) is 10.6 Å². The third kappa shape index (κ3) is 2.78. The first-order chi connectivity index (χ1) is 9.63. The number of nitrogens with zero attached hydrogens (tertiary/aromatic N) is 3. The number of halogens is 1. The van der Waals surface area contributed by atoms with Crippen LogP contribution in [-0.4, -0.2) is 14.9 Å². The Kier molecular flexibility index (Phi) is 4.01. The number of nitrogens with two attached hydrogens (primary N) is 1. The molecule has 2 aromatic rings. The third-order valence-electron chi connectivity index (χ3n) is 2.43. The van der Waals surface area contributed by atoms with Crippen LogP contribution in [0.2, 0.25) is 0 Å². The Morgan fingerprint density at radius 2 is 2.15 bits per heavy atom. The van der Waals surface area contributed by atoms with E-state index >= 15 is 0 Å². The van der Waals surface area contributed by atoms with Gasteiger partial charge < -0.3 is 10.2 Å². The fourth-order valence-electron chi connectivity index (χ4n) is 1.50. The van der Waals surface area contributed by atoms with Crippen LogP contribution in [0.4, 0.5) is 15.9 Å². The van der Waals surface area contributed by atoms with E-state index in [1.54, 1.807) is 6.07 Å². The summed E-state index contributed by atoms with van der Waals surface area (Å²) in [5.74, 6) is 4.18. The van der Waals surface area contributed by atoms with Gasteiger partial charge in [0.15, 0.2) is 0 Å². The summed E-state index contributed by atoms with van der Waals surface area (Å²) >= 11 is 0. The second-order valence-corrected chi connectivity index (χ2v) is 3.66. The first-order valence-corrected chi connectivity index (χ1v) is 5.45. The molecule has 0 unspecified atom stereocenters. The molecule has 0 spiro atoms. The van der Waals surface area contributed by atoms with Crippen molar-refractivity contribution in [2.24, 2.45) is 5.84 Å². The van der Waals surface area contributed by atoms with Crippen LogP contribution in [0.15, 0.2) is 30.6 Å². The molecule has 0 fully saturated rings. The molecule has 2 rings (SSSR count). The number of benzene rings is 1. The molecule has 0 radical (unpaired) electrons. The molecule has 1 aromatic heterocycles. The van der Waals surface area contributed by atoms with Gasteiger partial charge in [0.2, 0.25) is 5.82 Å². The van der Waals surface area contributed by atoms with Crippen molar-refractivity contribution in [3.8, 4) is 5.88 Å². The maximum absolute atomic E-state index is 13.4. The summed E-state index contributed by atoms with van der Waals surface area (Å²) in [6.07, 6.45) is 1.05. The van der Waals surface area contributed by atoms with Gasteiger partial charge in [-0.2, -0.15) is 4.98 Å². The van der Waals surface area contributed by atoms with Crippen molar-refractivity contribution in [1.29, 1.82) is 0 Å². The minimum atomic E-state index is -0.730. The second-order valence-electron chi connectivity index (χ2n) is 3.66. The zero-order chi connectivity index (χ0) is 14.5. The van der Waals surface area contributed by atoms with Crippen molar-refractivity contribution in [3.05, 3.63) is 52.1 Å². The Balaban J connectivity index is 2.26. The average molecular weight is 279 g/mol. The Morgan fingerprint density at radius 1 is 1.40 bits per heavy atom. The molecular weight excluding hydrogens is 269 g/mol. The predicted molar refractivity (Wildman–Crippen MR) is 67.2 cm³/mol. The quantitative estimate of drug-likeness (QED) is 0.482. The molecule has 8 nitrogen and oxygen atoms in total. The molecule has 0 aliphatic carbocycles. The molecular formula is C11H10FN5O3. The number of hydrogen-bond donors (Lipinski definition) is 2. The fourth-order valence-corrected chi connectivity index (χ4v) is 1.50. The molecule has 0 atom stereocenters. The van der Waals surface area contributed by atoms with Crippen molar-refractivity contribution >= 4 is 11.5 Å². The number of rotatable bonds is 5. The van der Waals surface area contributed by atoms with Crippen molar-refractivity contribution in [2.75, 3.05) is 5.43 Å². The number of hydrazine groups is 1. The molecule has 104 valence electrons. The van der Waals surface area contributed by atoms with Crippen LogP contribution in [0.5, 0.6) is 5.88 Å². The Labute approximate surface area is 112 Å². The Morgan fingerprint density at radius 3 is 2.80 bits per heavy atom. The predicted octanol–water partition coefficient (Wildman–Crippen LogP) is 1.39. The lowest BCUT2D eigenvalue weighted by molar-refractivity contribution is -0.385. The van der Waals surface area contributed by atoms with E-state index in [1.165, 1.54) is 18.2 Å². The van der Waals surface area contributed by atoms with E-state index in [0.29, 0.717) is 0 Å². The smallest absolute Gasteiger partial charge is 0.374 e. The van der Waals surface area contributed by atoms with E-state index < -0.39 is 16.4 Å². The first-order valence-electron chi connectivity index (χ1n) is 5.45. The molecule has 20 heavy (non-hydrogen) atoms. The van der Waals surface area contributed by atoms with E-state index in [1.807, 2.05) is 0 Å². The number of aromatic nitrogens is 2. The van der Waals surface area contributed by atoms with Gasteiger partial charge in [0, 0.05) is 5.56 Å². The molecule has 0 saturated carbocycles. The summed E-state index contributed by atoms with van der Waals surface area (Å²) in [6.45, 7) is -0.200. The van der Waals surface area contributed by atoms with Crippen LogP contribution in [0.3, 0.4) is 0 Å². The maximum Gasteiger partial charge on any atom is 0.374 e. The summed E-state index contributed by atoms with van der Waals surface area (Å²) in [4.78, 5) is 17.5. The summed E-state index contributed by atoms with van der Waals surface area (Å²) in [7, 11) is 0. The number of nitrogens with one attached hydrogen (secondary N) is 1. The molecule has 3 N–H and O–H groups in total. The van der Waals surface area contributed by atoms with Gasteiger partial charge in [0.25, 0.3) is 5.88 Å². The van der Waals surface area contributed by atoms with E-state index in [0.717, 1.165) is 6.33 Å². The third-order valence-corrected chi connectivity index (χ3v) is 2.43. The molecule has 0 amide bonds. The van der Waals surface area contributed by atoms with E-state index in [9.17, 15) is 14.5 Å². The van der Waals surface area contributed by atoms with Gasteiger partial charge in [0.05, 0.1) is 4.92 Å². The second kappa shape index (κ2) is 5.89. The average Bonchev–Trinajstić information content (AvgIpc) is 2.45. The van der Waals surface area contributed by atoms with Gasteiger partial charge in [0.1, 0.15) is 18.8 Å². The van der Waals surface area contributed by atoms with Gasteiger partial charge >= 0.3 is 5.69 Å². The summed E-state index contributed by atoms with van der Waals surface area (Å²) in [5, 5.41) is 11.0. The van der Waals surface area contributed by atoms with Gasteiger partial charge in [-0.15, -0.1) is 0 Å². The topological polar surface area (TPSA) is 116 Å². The highest BCUT2D eigenvalue weighted by Crippen LogP contribution is 2.30. The van der Waals surface area contributed by atoms with Crippen LogP contribution in [0, 0.1) is 15.9 Å². The zero-order valence-electron chi connectivity index (χ0n) is 10.1. The van der Waals surface area contributed by atoms with Gasteiger partial charge in [-0.05, 0) is 6.07 Å². The van der Waals surface area contributed by atoms with Crippen LogP contribution in [0.1, 0.15) is 5.56 Å². The van der Waals surface area contributed by atoms with Crippen LogP contribution < -0.4 is 16.0 Å². The van der Waals surface area contributed by atoms with E-state index in [2.05, 4.69) is 15.4 Å². The van der Waals surface area contributed by atoms with Crippen molar-refractivity contribution < 1.29 is 14.1 Å². The Bertz CT molecular complexity index is 637. The number of nitro groups is 1. The van der Waals surface area contributed by atoms with Crippen molar-refractivity contribution in [1.82, 2.24) is 9.97 Å². The number of hydrogen-bond acceptors (Lipinski definition) is 7. The Hall–Kier alpha value is -2.81. The number of anilines is 1.